The minimum atomic E-state index is -2.16. The van der Waals surface area contributed by atoms with Crippen molar-refractivity contribution in [3.8, 4) is 5.75 Å². The first-order chi connectivity index (χ1) is 15.7. The minimum Gasteiger partial charge on any atom is -0.495 e. The molecule has 0 spiro atoms. The Bertz CT molecular complexity index is 1220. The van der Waals surface area contributed by atoms with Gasteiger partial charge in [0.05, 0.1) is 31.1 Å². The number of methoxy groups -OCH3 is 1. The molecule has 0 saturated heterocycles. The monoisotopic (exact) mass is 451 g/mol. The van der Waals surface area contributed by atoms with Gasteiger partial charge in [0, 0.05) is 12.7 Å². The summed E-state index contributed by atoms with van der Waals surface area (Å²) < 4.78 is 20.7. The van der Waals surface area contributed by atoms with E-state index in [0.717, 1.165) is 0 Å². The molecule has 1 aromatic heterocycles. The zero-order valence-corrected chi connectivity index (χ0v) is 18.2. The molecule has 1 amide bonds. The Balaban J connectivity index is 1.79. The lowest BCUT2D eigenvalue weighted by molar-refractivity contribution is -0.127. The van der Waals surface area contributed by atoms with Gasteiger partial charge in [0.25, 0.3) is 5.91 Å². The van der Waals surface area contributed by atoms with Crippen molar-refractivity contribution >= 4 is 40.7 Å². The summed E-state index contributed by atoms with van der Waals surface area (Å²) in [6, 6.07) is 13.4. The van der Waals surface area contributed by atoms with Crippen molar-refractivity contribution in [1.82, 2.24) is 9.97 Å². The summed E-state index contributed by atoms with van der Waals surface area (Å²) in [6.07, 6.45) is 1.44. The zero-order chi connectivity index (χ0) is 23.8. The number of alkyl halides is 1. The summed E-state index contributed by atoms with van der Waals surface area (Å²) in [5, 5.41) is 12.2. The van der Waals surface area contributed by atoms with E-state index in [2.05, 4.69) is 15.3 Å². The number of carbonyl (C=O) groups excluding carboxylic acids is 1. The smallest absolute Gasteiger partial charge is 0.335 e. The van der Waals surface area contributed by atoms with Gasteiger partial charge in [-0.15, -0.1) is 0 Å². The van der Waals surface area contributed by atoms with Gasteiger partial charge >= 0.3 is 5.97 Å². The number of carboxylic acid groups (broad SMARTS) is 1. The molecule has 3 aromatic rings. The van der Waals surface area contributed by atoms with Crippen LogP contribution in [-0.4, -0.2) is 53.3 Å². The lowest BCUT2D eigenvalue weighted by Gasteiger charge is -2.27. The van der Waals surface area contributed by atoms with Crippen molar-refractivity contribution in [3.05, 3.63) is 60.3 Å². The quantitative estimate of drug-likeness (QED) is 0.604. The van der Waals surface area contributed by atoms with E-state index in [0.29, 0.717) is 22.9 Å². The molecule has 2 heterocycles. The van der Waals surface area contributed by atoms with Crippen LogP contribution in [0, 0.1) is 0 Å². The van der Waals surface area contributed by atoms with Crippen LogP contribution < -0.4 is 19.9 Å². The Morgan fingerprint density at radius 3 is 2.64 bits per heavy atom. The van der Waals surface area contributed by atoms with Crippen molar-refractivity contribution in [3.63, 3.8) is 0 Å². The van der Waals surface area contributed by atoms with Crippen molar-refractivity contribution in [1.29, 1.82) is 0 Å². The van der Waals surface area contributed by atoms with Gasteiger partial charge in [0.15, 0.2) is 5.82 Å². The van der Waals surface area contributed by atoms with Gasteiger partial charge in [-0.05, 0) is 37.3 Å². The van der Waals surface area contributed by atoms with Crippen LogP contribution in [0.15, 0.2) is 54.7 Å². The predicted octanol–water partition coefficient (Wildman–Crippen LogP) is 3.77. The number of carboxylic acids is 1. The molecule has 1 unspecified atom stereocenters. The normalized spacial score (nSPS) is 17.9. The largest absolute Gasteiger partial charge is 0.495 e. The third kappa shape index (κ3) is 4.14. The number of para-hydroxylation sites is 1. The van der Waals surface area contributed by atoms with E-state index in [1.54, 1.807) is 23.1 Å². The Morgan fingerprint density at radius 2 is 1.97 bits per heavy atom. The highest BCUT2D eigenvalue weighted by Crippen LogP contribution is 2.39. The molecular weight excluding hydrogens is 429 g/mol. The van der Waals surface area contributed by atoms with E-state index in [1.807, 2.05) is 18.2 Å². The van der Waals surface area contributed by atoms with Crippen LogP contribution in [0.4, 0.5) is 33.2 Å². The SMILES string of the molecule is COc1cc(C(=O)O)ccc1Nc1ncc2c(n1)N(c1ccccc1)CC(C)(F)C(=O)N2C. The second-order valence-electron chi connectivity index (χ2n) is 7.73. The fourth-order valence-corrected chi connectivity index (χ4v) is 3.63. The number of nitrogens with zero attached hydrogens (tertiary/aromatic N) is 4. The molecule has 170 valence electrons. The number of aromatic carboxylic acids is 1. The molecular formula is C23H22FN5O4. The summed E-state index contributed by atoms with van der Waals surface area (Å²) in [7, 11) is 2.90. The molecule has 4 rings (SSSR count). The number of benzene rings is 2. The van der Waals surface area contributed by atoms with E-state index in [9.17, 15) is 14.7 Å². The number of hydrogen-bond acceptors (Lipinski definition) is 7. The second-order valence-corrected chi connectivity index (χ2v) is 7.73. The predicted molar refractivity (Wildman–Crippen MR) is 122 cm³/mol. The standard InChI is InChI=1S/C23H22FN5O4/c1-23(24)13-29(15-7-5-4-6-8-15)19-17(28(2)21(23)32)12-25-22(27-19)26-16-10-9-14(20(30)31)11-18(16)33-3/h4-12H,13H2,1-3H3,(H,30,31)(H,25,26,27). The first-order valence-electron chi connectivity index (χ1n) is 10.1. The Hall–Kier alpha value is -4.21. The average molecular weight is 451 g/mol. The number of halogens is 1. The van der Waals surface area contributed by atoms with Gasteiger partial charge < -0.3 is 25.0 Å². The lowest BCUT2D eigenvalue weighted by atomic mass is 10.1. The zero-order valence-electron chi connectivity index (χ0n) is 18.2. The molecule has 2 aromatic carbocycles. The first kappa shape index (κ1) is 22.0. The summed E-state index contributed by atoms with van der Waals surface area (Å²) in [4.78, 5) is 35.7. The average Bonchev–Trinajstić information content (AvgIpc) is 2.88. The van der Waals surface area contributed by atoms with Crippen LogP contribution in [0.5, 0.6) is 5.75 Å². The van der Waals surface area contributed by atoms with Gasteiger partial charge in [0.1, 0.15) is 11.4 Å². The van der Waals surface area contributed by atoms with Crippen molar-refractivity contribution in [2.75, 3.05) is 35.8 Å². The van der Waals surface area contributed by atoms with Gasteiger partial charge in [-0.1, -0.05) is 18.2 Å². The molecule has 10 heteroatoms. The lowest BCUT2D eigenvalue weighted by Crippen LogP contribution is -2.46. The first-order valence-corrected chi connectivity index (χ1v) is 10.1. The molecule has 0 radical (unpaired) electrons. The maximum atomic E-state index is 15.4. The third-order valence-electron chi connectivity index (χ3n) is 5.34. The topological polar surface area (TPSA) is 108 Å². The molecule has 33 heavy (non-hydrogen) atoms. The number of fused-ring (bicyclic) bond motifs is 1. The number of aromatic nitrogens is 2. The maximum Gasteiger partial charge on any atom is 0.335 e. The third-order valence-corrected chi connectivity index (χ3v) is 5.34. The van der Waals surface area contributed by atoms with Gasteiger partial charge in [-0.2, -0.15) is 4.98 Å². The van der Waals surface area contributed by atoms with E-state index < -0.39 is 17.5 Å². The molecule has 0 fully saturated rings. The summed E-state index contributed by atoms with van der Waals surface area (Å²) in [6.45, 7) is 1.01. The summed E-state index contributed by atoms with van der Waals surface area (Å²) in [5.41, 5.74) is -0.628. The number of nitrogens with one attached hydrogen (secondary N) is 1. The summed E-state index contributed by atoms with van der Waals surface area (Å²) >= 11 is 0. The molecule has 1 aliphatic rings. The van der Waals surface area contributed by atoms with Gasteiger partial charge in [-0.25, -0.2) is 14.2 Å². The van der Waals surface area contributed by atoms with Crippen LogP contribution in [0.25, 0.3) is 0 Å². The van der Waals surface area contributed by atoms with E-state index in [4.69, 9.17) is 4.74 Å². The van der Waals surface area contributed by atoms with Crippen LogP contribution >= 0.6 is 0 Å². The number of amides is 1. The molecule has 1 atom stereocenters. The van der Waals surface area contributed by atoms with Crippen molar-refractivity contribution in [2.24, 2.45) is 0 Å². The van der Waals surface area contributed by atoms with Crippen LogP contribution in [-0.2, 0) is 4.79 Å². The molecule has 2 N–H and O–H groups in total. The molecule has 0 saturated carbocycles. The molecule has 9 nitrogen and oxygen atoms in total. The fourth-order valence-electron chi connectivity index (χ4n) is 3.63. The molecule has 0 aliphatic carbocycles. The Morgan fingerprint density at radius 1 is 1.24 bits per heavy atom. The molecule has 0 bridgehead atoms. The number of anilines is 5. The minimum absolute atomic E-state index is 0.0675. The van der Waals surface area contributed by atoms with Crippen LogP contribution in [0.2, 0.25) is 0 Å². The van der Waals surface area contributed by atoms with Gasteiger partial charge in [0.2, 0.25) is 11.6 Å². The Kier molecular flexibility index (Phi) is 5.59. The van der Waals surface area contributed by atoms with E-state index >= 15 is 4.39 Å². The maximum absolute atomic E-state index is 15.4. The van der Waals surface area contributed by atoms with E-state index in [-0.39, 0.29) is 23.8 Å². The van der Waals surface area contributed by atoms with Crippen LogP contribution in [0.3, 0.4) is 0 Å². The van der Waals surface area contributed by atoms with E-state index in [1.165, 1.54) is 44.3 Å². The second kappa shape index (κ2) is 8.38. The molecule has 1 aliphatic heterocycles. The number of carbonyl (C=O) groups is 2. The number of hydrogen-bond donors (Lipinski definition) is 2. The fraction of sp³-hybridized carbons (Fsp3) is 0.217. The number of ether oxygens (including phenoxy) is 1. The highest BCUT2D eigenvalue weighted by atomic mass is 19.1. The van der Waals surface area contributed by atoms with Crippen molar-refractivity contribution in [2.45, 2.75) is 12.6 Å². The highest BCUT2D eigenvalue weighted by molar-refractivity contribution is 6.03. The van der Waals surface area contributed by atoms with Crippen LogP contribution in [0.1, 0.15) is 17.3 Å². The van der Waals surface area contributed by atoms with Crippen molar-refractivity contribution < 1.29 is 23.8 Å². The Labute approximate surface area is 189 Å². The number of rotatable bonds is 5. The summed E-state index contributed by atoms with van der Waals surface area (Å²) in [5.74, 6) is -0.979. The highest BCUT2D eigenvalue weighted by Gasteiger charge is 2.43. The van der Waals surface area contributed by atoms with Gasteiger partial charge in [-0.3, -0.25) is 4.79 Å².